The fourth-order valence-corrected chi connectivity index (χ4v) is 2.09. The average molecular weight is 222 g/mol. The van der Waals surface area contributed by atoms with Crippen molar-refractivity contribution in [1.82, 2.24) is 0 Å². The number of hydrogen-bond donors (Lipinski definition) is 1. The number of rotatable bonds is 0. The lowest BCUT2D eigenvalue weighted by molar-refractivity contribution is 0.0519. The zero-order valence-corrected chi connectivity index (χ0v) is 11.2. The molecule has 0 bridgehead atoms. The predicted molar refractivity (Wildman–Crippen MR) is 70.4 cm³/mol. The maximum absolute atomic E-state index is 10.2. The van der Waals surface area contributed by atoms with E-state index in [0.717, 1.165) is 32.1 Å². The normalized spacial score (nSPS) is 36.9. The first kappa shape index (κ1) is 13.5. The summed E-state index contributed by atoms with van der Waals surface area (Å²) < 4.78 is 0. The van der Waals surface area contributed by atoms with Crippen molar-refractivity contribution >= 4 is 0 Å². The first-order valence-corrected chi connectivity index (χ1v) is 6.37. The Kier molecular flexibility index (Phi) is 4.37. The summed E-state index contributed by atoms with van der Waals surface area (Å²) in [4.78, 5) is 0. The summed E-state index contributed by atoms with van der Waals surface area (Å²) >= 11 is 0. The molecule has 1 aliphatic rings. The maximum Gasteiger partial charge on any atom is 0.0654 e. The lowest BCUT2D eigenvalue weighted by Crippen LogP contribution is -2.22. The molecular formula is C15H26O. The van der Waals surface area contributed by atoms with Crippen LogP contribution in [0.4, 0.5) is 0 Å². The van der Waals surface area contributed by atoms with Gasteiger partial charge in [-0.15, -0.1) is 0 Å². The molecule has 0 aliphatic heterocycles. The molecule has 1 N–H and O–H groups in total. The van der Waals surface area contributed by atoms with Crippen molar-refractivity contribution in [3.05, 3.63) is 23.8 Å². The minimum absolute atomic E-state index is 0.210. The molecule has 1 aliphatic carbocycles. The molecule has 1 nitrogen and oxygen atoms in total. The minimum atomic E-state index is -0.531. The minimum Gasteiger partial charge on any atom is -0.390 e. The Bertz CT molecular complexity index is 282. The van der Waals surface area contributed by atoms with Gasteiger partial charge in [-0.1, -0.05) is 37.6 Å². The molecule has 0 amide bonds. The van der Waals surface area contributed by atoms with Crippen molar-refractivity contribution in [2.24, 2.45) is 5.41 Å². The summed E-state index contributed by atoms with van der Waals surface area (Å²) in [5.74, 6) is 0. The second kappa shape index (κ2) is 5.18. The zero-order chi connectivity index (χ0) is 12.2. The maximum atomic E-state index is 10.2. The second-order valence-electron chi connectivity index (χ2n) is 6.20. The van der Waals surface area contributed by atoms with E-state index >= 15 is 0 Å². The Morgan fingerprint density at radius 2 is 1.88 bits per heavy atom. The lowest BCUT2D eigenvalue weighted by Gasteiger charge is -2.22. The van der Waals surface area contributed by atoms with Crippen molar-refractivity contribution in [2.45, 2.75) is 65.4 Å². The van der Waals surface area contributed by atoms with Gasteiger partial charge in [0.15, 0.2) is 0 Å². The highest BCUT2D eigenvalue weighted by atomic mass is 16.3. The quantitative estimate of drug-likeness (QED) is 0.608. The number of hydrogen-bond acceptors (Lipinski definition) is 1. The van der Waals surface area contributed by atoms with Crippen LogP contribution in [0.15, 0.2) is 23.8 Å². The van der Waals surface area contributed by atoms with Crippen LogP contribution < -0.4 is 0 Å². The molecule has 0 saturated heterocycles. The van der Waals surface area contributed by atoms with Gasteiger partial charge < -0.3 is 5.11 Å². The van der Waals surface area contributed by atoms with E-state index in [9.17, 15) is 5.11 Å². The Hall–Kier alpha value is -0.560. The van der Waals surface area contributed by atoms with Gasteiger partial charge in [-0.2, -0.15) is 0 Å². The fourth-order valence-electron chi connectivity index (χ4n) is 2.09. The molecule has 1 rings (SSSR count). The lowest BCUT2D eigenvalue weighted by atomic mass is 9.87. The van der Waals surface area contributed by atoms with E-state index in [1.54, 1.807) is 0 Å². The van der Waals surface area contributed by atoms with E-state index in [-0.39, 0.29) is 5.41 Å². The molecule has 0 aromatic heterocycles. The molecule has 1 atom stereocenters. The predicted octanol–water partition coefficient (Wildman–Crippen LogP) is 4.23. The van der Waals surface area contributed by atoms with Crippen LogP contribution in [0.2, 0.25) is 0 Å². The molecule has 0 spiro atoms. The van der Waals surface area contributed by atoms with Crippen molar-refractivity contribution < 1.29 is 5.11 Å². The van der Waals surface area contributed by atoms with Crippen LogP contribution >= 0.6 is 0 Å². The zero-order valence-electron chi connectivity index (χ0n) is 11.2. The highest BCUT2D eigenvalue weighted by molar-refractivity contribution is 5.06. The second-order valence-corrected chi connectivity index (χ2v) is 6.20. The number of aliphatic hydroxyl groups is 1. The molecule has 0 fully saturated rings. The third kappa shape index (κ3) is 4.98. The highest BCUT2D eigenvalue weighted by Gasteiger charge is 2.20. The summed E-state index contributed by atoms with van der Waals surface area (Å²) in [6.07, 6.45) is 11.7. The van der Waals surface area contributed by atoms with Gasteiger partial charge in [0.2, 0.25) is 0 Å². The topological polar surface area (TPSA) is 20.2 Å². The van der Waals surface area contributed by atoms with E-state index in [1.807, 2.05) is 6.92 Å². The van der Waals surface area contributed by atoms with Crippen LogP contribution in [0.1, 0.15) is 59.8 Å². The fraction of sp³-hybridized carbons (Fsp3) is 0.733. The summed E-state index contributed by atoms with van der Waals surface area (Å²) in [7, 11) is 0. The van der Waals surface area contributed by atoms with E-state index in [2.05, 4.69) is 39.0 Å². The van der Waals surface area contributed by atoms with Crippen LogP contribution in [-0.2, 0) is 0 Å². The smallest absolute Gasteiger partial charge is 0.0654 e. The Morgan fingerprint density at radius 1 is 1.19 bits per heavy atom. The molecule has 0 aromatic carbocycles. The van der Waals surface area contributed by atoms with E-state index in [4.69, 9.17) is 0 Å². The SMILES string of the molecule is C/C1=C\CC(C)(C)/C=C/C[C@](C)(O)CCC1. The van der Waals surface area contributed by atoms with Gasteiger partial charge in [0, 0.05) is 0 Å². The van der Waals surface area contributed by atoms with Gasteiger partial charge in [0.25, 0.3) is 0 Å². The Labute approximate surface area is 100 Å². The summed E-state index contributed by atoms with van der Waals surface area (Å²) in [5.41, 5.74) is 1.14. The first-order chi connectivity index (χ1) is 7.31. The van der Waals surface area contributed by atoms with Crippen molar-refractivity contribution in [1.29, 1.82) is 0 Å². The summed E-state index contributed by atoms with van der Waals surface area (Å²) in [6, 6.07) is 0. The number of allylic oxidation sites excluding steroid dienone is 3. The third-order valence-corrected chi connectivity index (χ3v) is 3.39. The van der Waals surface area contributed by atoms with Crippen LogP contribution in [0.25, 0.3) is 0 Å². The van der Waals surface area contributed by atoms with Crippen LogP contribution in [-0.4, -0.2) is 10.7 Å². The highest BCUT2D eigenvalue weighted by Crippen LogP contribution is 2.28. The molecule has 1 heteroatoms. The van der Waals surface area contributed by atoms with Crippen molar-refractivity contribution in [3.63, 3.8) is 0 Å². The molecule has 0 saturated carbocycles. The average Bonchev–Trinajstić information content (AvgIpc) is 2.14. The molecular weight excluding hydrogens is 196 g/mol. The summed E-state index contributed by atoms with van der Waals surface area (Å²) in [6.45, 7) is 8.65. The van der Waals surface area contributed by atoms with Crippen LogP contribution in [0, 0.1) is 5.41 Å². The molecule has 92 valence electrons. The van der Waals surface area contributed by atoms with Crippen LogP contribution in [0.5, 0.6) is 0 Å². The van der Waals surface area contributed by atoms with Crippen LogP contribution in [0.3, 0.4) is 0 Å². The van der Waals surface area contributed by atoms with E-state index in [0.29, 0.717) is 0 Å². The largest absolute Gasteiger partial charge is 0.390 e. The van der Waals surface area contributed by atoms with Crippen molar-refractivity contribution in [2.75, 3.05) is 0 Å². The Balaban J connectivity index is 2.78. The van der Waals surface area contributed by atoms with Gasteiger partial charge in [-0.3, -0.25) is 0 Å². The molecule has 0 aromatic rings. The third-order valence-electron chi connectivity index (χ3n) is 3.39. The van der Waals surface area contributed by atoms with Gasteiger partial charge in [-0.05, 0) is 51.4 Å². The first-order valence-electron chi connectivity index (χ1n) is 6.37. The van der Waals surface area contributed by atoms with Gasteiger partial charge in [-0.25, -0.2) is 0 Å². The van der Waals surface area contributed by atoms with Gasteiger partial charge in [0.05, 0.1) is 5.60 Å². The van der Waals surface area contributed by atoms with E-state index in [1.165, 1.54) is 5.57 Å². The van der Waals surface area contributed by atoms with Crippen molar-refractivity contribution in [3.8, 4) is 0 Å². The van der Waals surface area contributed by atoms with E-state index < -0.39 is 5.60 Å². The standard InChI is InChI=1S/C15H26O/c1-13-7-5-10-15(4,16)11-6-9-14(2,3)12-8-13/h6,8-9,16H,5,7,10-12H2,1-4H3/b9-6+,13-8+/t15-/m1/s1. The molecule has 0 radical (unpaired) electrons. The molecule has 16 heavy (non-hydrogen) atoms. The van der Waals surface area contributed by atoms with Gasteiger partial charge >= 0.3 is 0 Å². The summed E-state index contributed by atoms with van der Waals surface area (Å²) in [5, 5.41) is 10.2. The molecule has 0 heterocycles. The van der Waals surface area contributed by atoms with Gasteiger partial charge in [0.1, 0.15) is 0 Å². The molecule has 0 unspecified atom stereocenters. The monoisotopic (exact) mass is 222 g/mol. The Morgan fingerprint density at radius 3 is 2.56 bits per heavy atom.